The molecule has 0 aliphatic rings. The Bertz CT molecular complexity index is 888. The van der Waals surface area contributed by atoms with Gasteiger partial charge in [-0.2, -0.15) is 0 Å². The molecule has 0 radical (unpaired) electrons. The molecule has 0 aliphatic carbocycles. The van der Waals surface area contributed by atoms with Gasteiger partial charge in [0.1, 0.15) is 4.21 Å². The normalized spacial score (nSPS) is 12.5. The highest BCUT2D eigenvalue weighted by atomic mass is 79.9. The first kappa shape index (κ1) is 17.1. The van der Waals surface area contributed by atoms with Crippen molar-refractivity contribution in [3.63, 3.8) is 0 Å². The largest absolute Gasteiger partial charge is 0.263 e. The summed E-state index contributed by atoms with van der Waals surface area (Å²) < 4.78 is 51.3. The van der Waals surface area contributed by atoms with E-state index in [4.69, 9.17) is 0 Å². The van der Waals surface area contributed by atoms with Crippen LogP contribution in [-0.2, 0) is 20.0 Å². The third-order valence-corrected chi connectivity index (χ3v) is 8.93. The zero-order valence-corrected chi connectivity index (χ0v) is 16.1. The van der Waals surface area contributed by atoms with Crippen LogP contribution in [0, 0.1) is 6.92 Å². The lowest BCUT2D eigenvalue weighted by atomic mass is 10.4. The van der Waals surface area contributed by atoms with E-state index in [1.807, 2.05) is 0 Å². The molecule has 21 heavy (non-hydrogen) atoms. The average Bonchev–Trinajstić information content (AvgIpc) is 2.78. The van der Waals surface area contributed by atoms with E-state index in [9.17, 15) is 16.8 Å². The number of rotatable bonds is 4. The molecule has 1 heterocycles. The zero-order valence-electron chi connectivity index (χ0n) is 10.5. The maximum Gasteiger partial charge on any atom is 0.263 e. The molecule has 114 valence electrons. The number of aryl methyl sites for hydroxylation is 1. The molecular formula is C11H9Br2NO4S3. The SMILES string of the molecule is Cc1csc(S(=O)(=O)NS(=O)(=O)c2cc(Br)ccc2Br)c1. The number of hydrogen-bond acceptors (Lipinski definition) is 5. The number of nitrogens with one attached hydrogen (secondary N) is 1. The summed E-state index contributed by atoms with van der Waals surface area (Å²) >= 11 is 7.22. The van der Waals surface area contributed by atoms with Gasteiger partial charge >= 0.3 is 0 Å². The summed E-state index contributed by atoms with van der Waals surface area (Å²) in [5.74, 6) is 0. The molecule has 0 amide bonds. The van der Waals surface area contributed by atoms with E-state index in [2.05, 4.69) is 31.9 Å². The van der Waals surface area contributed by atoms with E-state index in [0.717, 1.165) is 16.9 Å². The number of thiophene rings is 1. The number of hydrogen-bond donors (Lipinski definition) is 1. The van der Waals surface area contributed by atoms with Crippen molar-refractivity contribution in [3.8, 4) is 0 Å². The van der Waals surface area contributed by atoms with Crippen molar-refractivity contribution in [3.05, 3.63) is 44.2 Å². The van der Waals surface area contributed by atoms with Gasteiger partial charge in [-0.1, -0.05) is 20.1 Å². The molecule has 0 saturated heterocycles. The minimum atomic E-state index is -4.22. The fraction of sp³-hybridized carbons (Fsp3) is 0.0909. The topological polar surface area (TPSA) is 80.3 Å². The van der Waals surface area contributed by atoms with Crippen LogP contribution >= 0.6 is 43.2 Å². The summed E-state index contributed by atoms with van der Waals surface area (Å²) in [4.78, 5) is -0.159. The molecule has 0 atom stereocenters. The summed E-state index contributed by atoms with van der Waals surface area (Å²) in [7, 11) is -8.35. The highest BCUT2D eigenvalue weighted by Gasteiger charge is 2.27. The lowest BCUT2D eigenvalue weighted by molar-refractivity contribution is 0.577. The quantitative estimate of drug-likeness (QED) is 0.737. The first-order valence-corrected chi connectivity index (χ1v) is 10.8. The molecule has 2 aromatic rings. The average molecular weight is 475 g/mol. The Hall–Kier alpha value is -0.260. The van der Waals surface area contributed by atoms with Gasteiger partial charge in [0.05, 0.1) is 4.90 Å². The molecule has 0 bridgehead atoms. The summed E-state index contributed by atoms with van der Waals surface area (Å²) in [5.41, 5.74) is 0.751. The van der Waals surface area contributed by atoms with Crippen molar-refractivity contribution >= 4 is 63.2 Å². The van der Waals surface area contributed by atoms with Gasteiger partial charge in [-0.15, -0.1) is 11.3 Å². The monoisotopic (exact) mass is 473 g/mol. The summed E-state index contributed by atoms with van der Waals surface area (Å²) in [6, 6.07) is 5.89. The van der Waals surface area contributed by atoms with Crippen LogP contribution in [0.25, 0.3) is 0 Å². The molecule has 0 unspecified atom stereocenters. The first-order valence-electron chi connectivity index (χ1n) is 5.41. The highest BCUT2D eigenvalue weighted by molar-refractivity contribution is 9.11. The van der Waals surface area contributed by atoms with Crippen LogP contribution in [0.5, 0.6) is 0 Å². The molecule has 0 saturated carbocycles. The van der Waals surface area contributed by atoms with Crippen molar-refractivity contribution in [2.45, 2.75) is 16.0 Å². The van der Waals surface area contributed by atoms with Crippen molar-refractivity contribution < 1.29 is 16.8 Å². The predicted octanol–water partition coefficient (Wildman–Crippen LogP) is 3.25. The van der Waals surface area contributed by atoms with Crippen LogP contribution in [0.2, 0.25) is 0 Å². The minimum absolute atomic E-state index is 0.0466. The third-order valence-electron chi connectivity index (χ3n) is 2.37. The van der Waals surface area contributed by atoms with Gasteiger partial charge in [-0.3, -0.25) is 0 Å². The van der Waals surface area contributed by atoms with Crippen LogP contribution in [0.3, 0.4) is 0 Å². The van der Waals surface area contributed by atoms with Crippen molar-refractivity contribution in [1.82, 2.24) is 4.13 Å². The zero-order chi connectivity index (χ0) is 15.8. The van der Waals surface area contributed by atoms with Crippen LogP contribution in [0.1, 0.15) is 5.56 Å². The molecule has 5 nitrogen and oxygen atoms in total. The van der Waals surface area contributed by atoms with Gasteiger partial charge in [0.25, 0.3) is 20.0 Å². The van der Waals surface area contributed by atoms with Crippen molar-refractivity contribution in [1.29, 1.82) is 0 Å². The maximum absolute atomic E-state index is 12.3. The van der Waals surface area contributed by atoms with Gasteiger partial charge in [0, 0.05) is 8.95 Å². The summed E-state index contributed by atoms with van der Waals surface area (Å²) in [6.45, 7) is 1.73. The maximum atomic E-state index is 12.3. The van der Waals surface area contributed by atoms with Crippen LogP contribution in [0.4, 0.5) is 0 Å². The lowest BCUT2D eigenvalue weighted by Gasteiger charge is -2.08. The minimum Gasteiger partial charge on any atom is -0.206 e. The smallest absolute Gasteiger partial charge is 0.206 e. The van der Waals surface area contributed by atoms with E-state index in [1.54, 1.807) is 22.5 Å². The van der Waals surface area contributed by atoms with Gasteiger partial charge in [0.15, 0.2) is 0 Å². The van der Waals surface area contributed by atoms with E-state index < -0.39 is 20.0 Å². The van der Waals surface area contributed by atoms with Gasteiger partial charge in [-0.05, 0) is 58.1 Å². The third kappa shape index (κ3) is 3.93. The molecule has 0 spiro atoms. The Balaban J connectivity index is 2.44. The first-order chi connectivity index (χ1) is 9.62. The molecule has 2 rings (SSSR count). The fourth-order valence-electron chi connectivity index (χ4n) is 1.46. The van der Waals surface area contributed by atoms with Crippen LogP contribution in [-0.4, -0.2) is 16.8 Å². The lowest BCUT2D eigenvalue weighted by Crippen LogP contribution is -2.30. The number of benzene rings is 1. The number of halogens is 2. The Morgan fingerprint density at radius 1 is 1.05 bits per heavy atom. The molecule has 1 aromatic carbocycles. The second kappa shape index (κ2) is 6.09. The molecular weight excluding hydrogens is 466 g/mol. The number of sulfonamides is 2. The fourth-order valence-corrected chi connectivity index (χ4v) is 7.23. The van der Waals surface area contributed by atoms with Crippen LogP contribution in [0.15, 0.2) is 47.7 Å². The van der Waals surface area contributed by atoms with Crippen molar-refractivity contribution in [2.75, 3.05) is 0 Å². The second-order valence-electron chi connectivity index (χ2n) is 4.11. The van der Waals surface area contributed by atoms with E-state index in [0.29, 0.717) is 4.47 Å². The van der Waals surface area contributed by atoms with Crippen molar-refractivity contribution in [2.24, 2.45) is 0 Å². The van der Waals surface area contributed by atoms with Gasteiger partial charge in [-0.25, -0.2) is 16.8 Å². The Morgan fingerprint density at radius 2 is 1.71 bits per heavy atom. The highest BCUT2D eigenvalue weighted by Crippen LogP contribution is 2.27. The second-order valence-corrected chi connectivity index (χ2v) is 10.6. The molecule has 1 aromatic heterocycles. The molecule has 10 heteroatoms. The molecule has 1 N–H and O–H groups in total. The van der Waals surface area contributed by atoms with E-state index in [-0.39, 0.29) is 13.6 Å². The van der Waals surface area contributed by atoms with Gasteiger partial charge < -0.3 is 0 Å². The molecule has 0 fully saturated rings. The Kier molecular flexibility index (Phi) is 4.96. The Morgan fingerprint density at radius 3 is 2.29 bits per heavy atom. The summed E-state index contributed by atoms with van der Waals surface area (Å²) in [5, 5.41) is 1.64. The standard InChI is InChI=1S/C11H9Br2NO4S3/c1-7-4-11(19-6-7)21(17,18)14-20(15,16)10-5-8(12)2-3-9(10)13/h2-6,14H,1H3. The summed E-state index contributed by atoms with van der Waals surface area (Å²) in [6.07, 6.45) is 0. The van der Waals surface area contributed by atoms with E-state index in [1.165, 1.54) is 18.2 Å². The Labute approximate surface area is 143 Å². The molecule has 0 aliphatic heterocycles. The van der Waals surface area contributed by atoms with Gasteiger partial charge in [0.2, 0.25) is 0 Å². The predicted molar refractivity (Wildman–Crippen MR) is 88.4 cm³/mol. The van der Waals surface area contributed by atoms with E-state index >= 15 is 0 Å². The van der Waals surface area contributed by atoms with Crippen LogP contribution < -0.4 is 4.13 Å².